The van der Waals surface area contributed by atoms with Crippen molar-refractivity contribution in [3.05, 3.63) is 36.5 Å². The predicted octanol–water partition coefficient (Wildman–Crippen LogP) is 1.34. The van der Waals surface area contributed by atoms with E-state index in [4.69, 9.17) is 9.84 Å². The molecule has 0 radical (unpaired) electrons. The number of carbonyl (C=O) groups excluding carboxylic acids is 1. The molecule has 6 nitrogen and oxygen atoms in total. The van der Waals surface area contributed by atoms with Crippen molar-refractivity contribution in [1.29, 1.82) is 0 Å². The molecule has 19 heavy (non-hydrogen) atoms. The Bertz CT molecular complexity index is 473. The topological polar surface area (TPSA) is 79.7 Å². The molecule has 0 saturated heterocycles. The number of hydrogen-bond donors (Lipinski definition) is 1. The zero-order valence-corrected chi connectivity index (χ0v) is 10.7. The Morgan fingerprint density at radius 2 is 2.32 bits per heavy atom. The molecule has 0 aromatic carbocycles. The minimum atomic E-state index is -1.01. The lowest BCUT2D eigenvalue weighted by Crippen LogP contribution is -2.32. The highest BCUT2D eigenvalue weighted by Gasteiger charge is 2.19. The van der Waals surface area contributed by atoms with Gasteiger partial charge in [-0.1, -0.05) is 6.08 Å². The SMILES string of the molecule is C=CCN(CC(=O)O)c1ncccc1C(=O)OCC. The third-order valence-corrected chi connectivity index (χ3v) is 2.26. The van der Waals surface area contributed by atoms with Crippen LogP contribution in [0.1, 0.15) is 17.3 Å². The third-order valence-electron chi connectivity index (χ3n) is 2.26. The summed E-state index contributed by atoms with van der Waals surface area (Å²) in [5.41, 5.74) is 0.243. The van der Waals surface area contributed by atoms with Gasteiger partial charge in [-0.15, -0.1) is 6.58 Å². The molecular weight excluding hydrogens is 248 g/mol. The number of carbonyl (C=O) groups is 2. The van der Waals surface area contributed by atoms with Crippen molar-refractivity contribution in [1.82, 2.24) is 4.98 Å². The first-order valence-electron chi connectivity index (χ1n) is 5.80. The maximum Gasteiger partial charge on any atom is 0.341 e. The van der Waals surface area contributed by atoms with Crippen molar-refractivity contribution >= 4 is 17.8 Å². The van der Waals surface area contributed by atoms with E-state index >= 15 is 0 Å². The summed E-state index contributed by atoms with van der Waals surface area (Å²) in [6.07, 6.45) is 3.04. The van der Waals surface area contributed by atoms with Gasteiger partial charge >= 0.3 is 11.9 Å². The summed E-state index contributed by atoms with van der Waals surface area (Å²) >= 11 is 0. The molecule has 1 aromatic rings. The Labute approximate surface area is 111 Å². The minimum absolute atomic E-state index is 0.243. The average Bonchev–Trinajstić information content (AvgIpc) is 2.38. The van der Waals surface area contributed by atoms with Crippen LogP contribution in [0, 0.1) is 0 Å². The number of hydrogen-bond acceptors (Lipinski definition) is 5. The second-order valence-electron chi connectivity index (χ2n) is 3.66. The fourth-order valence-corrected chi connectivity index (χ4v) is 1.56. The second kappa shape index (κ2) is 7.15. The van der Waals surface area contributed by atoms with Gasteiger partial charge in [0.25, 0.3) is 0 Å². The van der Waals surface area contributed by atoms with Crippen molar-refractivity contribution < 1.29 is 19.4 Å². The number of carboxylic acid groups (broad SMARTS) is 1. The number of ether oxygens (including phenoxy) is 1. The van der Waals surface area contributed by atoms with Gasteiger partial charge in [0, 0.05) is 12.7 Å². The van der Waals surface area contributed by atoms with Gasteiger partial charge in [0.1, 0.15) is 17.9 Å². The summed E-state index contributed by atoms with van der Waals surface area (Å²) < 4.78 is 4.92. The van der Waals surface area contributed by atoms with Crippen LogP contribution >= 0.6 is 0 Å². The number of nitrogens with zero attached hydrogens (tertiary/aromatic N) is 2. The highest BCUT2D eigenvalue weighted by Crippen LogP contribution is 2.18. The Balaban J connectivity index is 3.10. The molecule has 1 N–H and O–H groups in total. The number of aliphatic carboxylic acids is 1. The van der Waals surface area contributed by atoms with E-state index in [0.29, 0.717) is 0 Å². The standard InChI is InChI=1S/C13H16N2O4/c1-3-8-15(9-11(16)17)12-10(6-5-7-14-12)13(18)19-4-2/h3,5-7H,1,4,8-9H2,2H3,(H,16,17). The number of pyridine rings is 1. The zero-order valence-electron chi connectivity index (χ0n) is 10.7. The summed E-state index contributed by atoms with van der Waals surface area (Å²) in [5.74, 6) is -1.25. The molecule has 0 atom stereocenters. The van der Waals surface area contributed by atoms with Crippen molar-refractivity contribution in [2.45, 2.75) is 6.92 Å². The Hall–Kier alpha value is -2.37. The summed E-state index contributed by atoms with van der Waals surface area (Å²) in [6, 6.07) is 3.15. The molecule has 1 aromatic heterocycles. The van der Waals surface area contributed by atoms with Crippen LogP contribution in [-0.4, -0.2) is 41.7 Å². The van der Waals surface area contributed by atoms with E-state index in [1.807, 2.05) is 0 Å². The summed E-state index contributed by atoms with van der Waals surface area (Å²) in [5, 5.41) is 8.88. The molecule has 0 aliphatic carbocycles. The minimum Gasteiger partial charge on any atom is -0.480 e. The normalized spacial score (nSPS) is 9.74. The maximum atomic E-state index is 11.8. The summed E-state index contributed by atoms with van der Waals surface area (Å²) in [6.45, 7) is 5.52. The van der Waals surface area contributed by atoms with Gasteiger partial charge < -0.3 is 14.7 Å². The van der Waals surface area contributed by atoms with Gasteiger partial charge in [-0.3, -0.25) is 4.79 Å². The lowest BCUT2D eigenvalue weighted by molar-refractivity contribution is -0.135. The summed E-state index contributed by atoms with van der Waals surface area (Å²) in [4.78, 5) is 28.2. The molecule has 0 unspecified atom stereocenters. The first kappa shape index (κ1) is 14.7. The zero-order chi connectivity index (χ0) is 14.3. The van der Waals surface area contributed by atoms with Crippen molar-refractivity contribution in [2.75, 3.05) is 24.6 Å². The third kappa shape index (κ3) is 4.09. The lowest BCUT2D eigenvalue weighted by atomic mass is 10.2. The molecule has 0 fully saturated rings. The molecule has 0 saturated carbocycles. The molecule has 0 spiro atoms. The van der Waals surface area contributed by atoms with E-state index in [0.717, 1.165) is 0 Å². The number of rotatable bonds is 7. The summed E-state index contributed by atoms with van der Waals surface area (Å²) in [7, 11) is 0. The quantitative estimate of drug-likeness (QED) is 0.591. The van der Waals surface area contributed by atoms with Gasteiger partial charge in [-0.2, -0.15) is 0 Å². The van der Waals surface area contributed by atoms with E-state index in [1.54, 1.807) is 25.1 Å². The second-order valence-corrected chi connectivity index (χ2v) is 3.66. The van der Waals surface area contributed by atoms with E-state index in [-0.39, 0.29) is 31.1 Å². The number of aromatic nitrogens is 1. The van der Waals surface area contributed by atoms with Gasteiger partial charge in [0.05, 0.1) is 6.61 Å². The molecule has 0 amide bonds. The van der Waals surface area contributed by atoms with Gasteiger partial charge in [0.2, 0.25) is 0 Å². The highest BCUT2D eigenvalue weighted by molar-refractivity contribution is 5.95. The molecule has 102 valence electrons. The molecular formula is C13H16N2O4. The Kier molecular flexibility index (Phi) is 5.53. The van der Waals surface area contributed by atoms with Crippen molar-refractivity contribution in [3.63, 3.8) is 0 Å². The Morgan fingerprint density at radius 3 is 2.89 bits per heavy atom. The van der Waals surface area contributed by atoms with Crippen LogP contribution in [0.3, 0.4) is 0 Å². The van der Waals surface area contributed by atoms with E-state index in [1.165, 1.54) is 11.1 Å². The van der Waals surface area contributed by atoms with Crippen LogP contribution in [0.5, 0.6) is 0 Å². The molecule has 0 aliphatic heterocycles. The number of carboxylic acids is 1. The van der Waals surface area contributed by atoms with Gasteiger partial charge in [0.15, 0.2) is 0 Å². The fraction of sp³-hybridized carbons (Fsp3) is 0.308. The maximum absolute atomic E-state index is 11.8. The van der Waals surface area contributed by atoms with Crippen LogP contribution < -0.4 is 4.90 Å². The smallest absolute Gasteiger partial charge is 0.341 e. The van der Waals surface area contributed by atoms with Crippen LogP contribution in [-0.2, 0) is 9.53 Å². The van der Waals surface area contributed by atoms with Crippen LogP contribution in [0.25, 0.3) is 0 Å². The molecule has 1 rings (SSSR count). The molecule has 0 aliphatic rings. The van der Waals surface area contributed by atoms with E-state index < -0.39 is 11.9 Å². The lowest BCUT2D eigenvalue weighted by Gasteiger charge is -2.21. The van der Waals surface area contributed by atoms with Crippen molar-refractivity contribution in [2.24, 2.45) is 0 Å². The van der Waals surface area contributed by atoms with Crippen molar-refractivity contribution in [3.8, 4) is 0 Å². The van der Waals surface area contributed by atoms with Crippen LogP contribution in [0.15, 0.2) is 31.0 Å². The monoisotopic (exact) mass is 264 g/mol. The first-order valence-corrected chi connectivity index (χ1v) is 5.80. The van der Waals surface area contributed by atoms with E-state index in [9.17, 15) is 9.59 Å². The first-order chi connectivity index (χ1) is 9.10. The molecule has 1 heterocycles. The van der Waals surface area contributed by atoms with Gasteiger partial charge in [-0.25, -0.2) is 9.78 Å². The number of esters is 1. The number of anilines is 1. The Morgan fingerprint density at radius 1 is 1.58 bits per heavy atom. The molecule has 0 bridgehead atoms. The van der Waals surface area contributed by atoms with Crippen LogP contribution in [0.4, 0.5) is 5.82 Å². The van der Waals surface area contributed by atoms with E-state index in [2.05, 4.69) is 11.6 Å². The fourth-order valence-electron chi connectivity index (χ4n) is 1.56. The van der Waals surface area contributed by atoms with Gasteiger partial charge in [-0.05, 0) is 19.1 Å². The molecule has 6 heteroatoms. The van der Waals surface area contributed by atoms with Crippen LogP contribution in [0.2, 0.25) is 0 Å². The predicted molar refractivity (Wildman–Crippen MR) is 70.2 cm³/mol. The average molecular weight is 264 g/mol. The highest BCUT2D eigenvalue weighted by atomic mass is 16.5. The largest absolute Gasteiger partial charge is 0.480 e.